The number of pyridine rings is 1. The zero-order chi connectivity index (χ0) is 13.2. The highest BCUT2D eigenvalue weighted by Crippen LogP contribution is 2.29. The summed E-state index contributed by atoms with van der Waals surface area (Å²) in [6.07, 6.45) is -2.41. The second kappa shape index (κ2) is 5.14. The molecule has 1 aromatic rings. The van der Waals surface area contributed by atoms with Gasteiger partial charge in [-0.25, -0.2) is 4.98 Å². The number of rotatable bonds is 2. The van der Waals surface area contributed by atoms with Gasteiger partial charge in [-0.15, -0.1) is 0 Å². The van der Waals surface area contributed by atoms with Crippen molar-refractivity contribution in [1.82, 2.24) is 4.98 Å². The van der Waals surface area contributed by atoms with Gasteiger partial charge in [0.05, 0.1) is 0 Å². The Labute approximate surface area is 104 Å². The Bertz CT molecular complexity index is 406. The lowest BCUT2D eigenvalue weighted by atomic mass is 9.98. The minimum absolute atomic E-state index is 0.343. The topological polar surface area (TPSA) is 42.1 Å². The van der Waals surface area contributed by atoms with Crippen molar-refractivity contribution < 1.29 is 13.2 Å². The molecule has 3 nitrogen and oxygen atoms in total. The molecule has 1 aliphatic heterocycles. The van der Waals surface area contributed by atoms with E-state index >= 15 is 0 Å². The van der Waals surface area contributed by atoms with Crippen molar-refractivity contribution in [3.8, 4) is 0 Å². The average molecular weight is 259 g/mol. The summed E-state index contributed by atoms with van der Waals surface area (Å²) in [5, 5.41) is 0. The number of piperidine rings is 1. The molecule has 1 fully saturated rings. The van der Waals surface area contributed by atoms with Crippen LogP contribution in [0, 0.1) is 5.92 Å². The number of anilines is 1. The fourth-order valence-corrected chi connectivity index (χ4v) is 2.22. The lowest BCUT2D eigenvalue weighted by Crippen LogP contribution is -2.39. The number of hydrogen-bond acceptors (Lipinski definition) is 3. The quantitative estimate of drug-likeness (QED) is 0.886. The summed E-state index contributed by atoms with van der Waals surface area (Å²) in [6, 6.07) is 4.01. The number of alkyl halides is 3. The maximum atomic E-state index is 12.6. The number of nitrogens with two attached hydrogens (primary N) is 1. The number of aromatic nitrogens is 1. The van der Waals surface area contributed by atoms with Crippen LogP contribution < -0.4 is 10.6 Å². The van der Waals surface area contributed by atoms with Crippen molar-refractivity contribution in [1.29, 1.82) is 0 Å². The van der Waals surface area contributed by atoms with E-state index in [9.17, 15) is 13.2 Å². The summed E-state index contributed by atoms with van der Waals surface area (Å²) in [5.74, 6) is 0.734. The number of halogens is 3. The van der Waals surface area contributed by atoms with E-state index in [-0.39, 0.29) is 0 Å². The van der Waals surface area contributed by atoms with Crippen LogP contribution in [0.25, 0.3) is 0 Å². The van der Waals surface area contributed by atoms with E-state index < -0.39 is 11.9 Å². The molecule has 2 N–H and O–H groups in total. The van der Waals surface area contributed by atoms with E-state index in [1.807, 2.05) is 4.90 Å². The van der Waals surface area contributed by atoms with E-state index in [1.165, 1.54) is 6.07 Å². The Hall–Kier alpha value is -1.30. The van der Waals surface area contributed by atoms with Gasteiger partial charge in [-0.2, -0.15) is 13.2 Å². The first kappa shape index (κ1) is 13.1. The van der Waals surface area contributed by atoms with Gasteiger partial charge in [0.15, 0.2) is 0 Å². The van der Waals surface area contributed by atoms with E-state index in [0.29, 0.717) is 24.8 Å². The van der Waals surface area contributed by atoms with Gasteiger partial charge < -0.3 is 10.6 Å². The molecule has 0 amide bonds. The SMILES string of the molecule is NCC1CCCN(c2cccc(C(F)(F)F)n2)C1. The lowest BCUT2D eigenvalue weighted by Gasteiger charge is -2.33. The van der Waals surface area contributed by atoms with Gasteiger partial charge in [-0.3, -0.25) is 0 Å². The summed E-state index contributed by atoms with van der Waals surface area (Å²) in [7, 11) is 0. The monoisotopic (exact) mass is 259 g/mol. The fraction of sp³-hybridized carbons (Fsp3) is 0.583. The van der Waals surface area contributed by atoms with E-state index in [4.69, 9.17) is 5.73 Å². The Morgan fingerprint density at radius 2 is 2.17 bits per heavy atom. The van der Waals surface area contributed by atoms with Crippen LogP contribution in [-0.2, 0) is 6.18 Å². The van der Waals surface area contributed by atoms with Crippen molar-refractivity contribution in [2.75, 3.05) is 24.5 Å². The van der Waals surface area contributed by atoms with Gasteiger partial charge in [-0.1, -0.05) is 6.07 Å². The molecule has 1 atom stereocenters. The van der Waals surface area contributed by atoms with Crippen molar-refractivity contribution in [2.24, 2.45) is 11.7 Å². The summed E-state index contributed by atoms with van der Waals surface area (Å²) in [4.78, 5) is 5.58. The van der Waals surface area contributed by atoms with Crippen molar-refractivity contribution in [3.63, 3.8) is 0 Å². The first-order valence-corrected chi connectivity index (χ1v) is 6.00. The molecule has 100 valence electrons. The summed E-state index contributed by atoms with van der Waals surface area (Å²) < 4.78 is 37.7. The normalized spacial score (nSPS) is 21.1. The first-order chi connectivity index (χ1) is 8.50. The molecule has 0 bridgehead atoms. The summed E-state index contributed by atoms with van der Waals surface area (Å²) >= 11 is 0. The second-order valence-corrected chi connectivity index (χ2v) is 4.57. The lowest BCUT2D eigenvalue weighted by molar-refractivity contribution is -0.141. The van der Waals surface area contributed by atoms with Crippen LogP contribution in [0.3, 0.4) is 0 Å². The largest absolute Gasteiger partial charge is 0.433 e. The van der Waals surface area contributed by atoms with Crippen LogP contribution >= 0.6 is 0 Å². The van der Waals surface area contributed by atoms with Crippen LogP contribution in [-0.4, -0.2) is 24.6 Å². The smallest absolute Gasteiger partial charge is 0.356 e. The molecule has 0 spiro atoms. The predicted octanol–water partition coefficient (Wildman–Crippen LogP) is 2.28. The molecule has 1 unspecified atom stereocenters. The van der Waals surface area contributed by atoms with Gasteiger partial charge in [0.25, 0.3) is 0 Å². The molecule has 1 aliphatic rings. The highest BCUT2D eigenvalue weighted by molar-refractivity contribution is 5.40. The highest BCUT2D eigenvalue weighted by atomic mass is 19.4. The molecule has 2 rings (SSSR count). The zero-order valence-corrected chi connectivity index (χ0v) is 9.95. The second-order valence-electron chi connectivity index (χ2n) is 4.57. The Balaban J connectivity index is 2.18. The molecule has 18 heavy (non-hydrogen) atoms. The van der Waals surface area contributed by atoms with Crippen LogP contribution in [0.15, 0.2) is 18.2 Å². The first-order valence-electron chi connectivity index (χ1n) is 6.00. The van der Waals surface area contributed by atoms with E-state index in [0.717, 1.165) is 25.5 Å². The third kappa shape index (κ3) is 2.93. The molecule has 6 heteroatoms. The van der Waals surface area contributed by atoms with Crippen LogP contribution in [0.5, 0.6) is 0 Å². The molecule has 0 saturated carbocycles. The molecule has 1 saturated heterocycles. The van der Waals surface area contributed by atoms with Gasteiger partial charge in [0.2, 0.25) is 0 Å². The van der Waals surface area contributed by atoms with Crippen molar-refractivity contribution >= 4 is 5.82 Å². The molecule has 0 aliphatic carbocycles. The van der Waals surface area contributed by atoms with Crippen molar-refractivity contribution in [3.05, 3.63) is 23.9 Å². The minimum Gasteiger partial charge on any atom is -0.356 e. The molecular formula is C12H16F3N3. The maximum absolute atomic E-state index is 12.6. The van der Waals surface area contributed by atoms with Gasteiger partial charge in [0.1, 0.15) is 11.5 Å². The minimum atomic E-state index is -4.39. The fourth-order valence-electron chi connectivity index (χ4n) is 2.22. The third-order valence-corrected chi connectivity index (χ3v) is 3.20. The summed E-state index contributed by atoms with van der Waals surface area (Å²) in [5.41, 5.74) is 4.78. The Morgan fingerprint density at radius 1 is 1.39 bits per heavy atom. The third-order valence-electron chi connectivity index (χ3n) is 3.20. The van der Waals surface area contributed by atoms with Gasteiger partial charge in [-0.05, 0) is 37.4 Å². The predicted molar refractivity (Wildman–Crippen MR) is 63.2 cm³/mol. The Kier molecular flexibility index (Phi) is 3.75. The zero-order valence-electron chi connectivity index (χ0n) is 9.95. The molecular weight excluding hydrogens is 243 g/mol. The van der Waals surface area contributed by atoms with E-state index in [1.54, 1.807) is 6.07 Å². The van der Waals surface area contributed by atoms with Gasteiger partial charge >= 0.3 is 6.18 Å². The number of hydrogen-bond donors (Lipinski definition) is 1. The van der Waals surface area contributed by atoms with Crippen LogP contribution in [0.4, 0.5) is 19.0 Å². The molecule has 0 radical (unpaired) electrons. The average Bonchev–Trinajstić information content (AvgIpc) is 2.38. The highest BCUT2D eigenvalue weighted by Gasteiger charge is 2.33. The maximum Gasteiger partial charge on any atom is 0.433 e. The van der Waals surface area contributed by atoms with Crippen molar-refractivity contribution in [2.45, 2.75) is 19.0 Å². The summed E-state index contributed by atoms with van der Waals surface area (Å²) in [6.45, 7) is 1.99. The standard InChI is InChI=1S/C12H16F3N3/c13-12(14,15)10-4-1-5-11(17-10)18-6-2-3-9(7-16)8-18/h1,4-5,9H,2-3,6-8,16H2. The van der Waals surface area contributed by atoms with Gasteiger partial charge in [0, 0.05) is 13.1 Å². The Morgan fingerprint density at radius 3 is 2.83 bits per heavy atom. The molecule has 1 aromatic heterocycles. The number of nitrogens with zero attached hydrogens (tertiary/aromatic N) is 2. The van der Waals surface area contributed by atoms with E-state index in [2.05, 4.69) is 4.98 Å². The van der Waals surface area contributed by atoms with Crippen LogP contribution in [0.1, 0.15) is 18.5 Å². The molecule has 2 heterocycles. The van der Waals surface area contributed by atoms with Crippen LogP contribution in [0.2, 0.25) is 0 Å². The molecule has 0 aromatic carbocycles.